The highest BCUT2D eigenvalue weighted by molar-refractivity contribution is 5.94. The third kappa shape index (κ3) is 4.85. The van der Waals surface area contributed by atoms with Crippen molar-refractivity contribution in [3.8, 4) is 0 Å². The maximum Gasteiger partial charge on any atom is 0.355 e. The SMILES string of the molecule is CCOC(=O)c1[nH]c(C)c(CN(C[C@H]2CCCO2)C(=O)c2ccc(F)cc2)c1C. The molecule has 1 amide bonds. The predicted molar refractivity (Wildman–Crippen MR) is 106 cm³/mol. The zero-order chi connectivity index (χ0) is 21.0. The number of rotatable bonds is 7. The molecule has 1 aromatic heterocycles. The Kier molecular flexibility index (Phi) is 6.69. The first-order valence-corrected chi connectivity index (χ1v) is 9.92. The molecule has 1 aliphatic rings. The number of aromatic nitrogens is 1. The second-order valence-corrected chi connectivity index (χ2v) is 7.28. The maximum absolute atomic E-state index is 13.3. The smallest absolute Gasteiger partial charge is 0.355 e. The van der Waals surface area contributed by atoms with Crippen molar-refractivity contribution in [2.24, 2.45) is 0 Å². The molecule has 0 aliphatic carbocycles. The van der Waals surface area contributed by atoms with Crippen LogP contribution in [0.2, 0.25) is 0 Å². The number of hydrogen-bond donors (Lipinski definition) is 1. The highest BCUT2D eigenvalue weighted by Crippen LogP contribution is 2.23. The van der Waals surface area contributed by atoms with E-state index in [0.29, 0.717) is 37.6 Å². The molecule has 0 bridgehead atoms. The molecule has 0 unspecified atom stereocenters. The van der Waals surface area contributed by atoms with Gasteiger partial charge in [-0.05, 0) is 69.0 Å². The molecule has 1 aromatic carbocycles. The van der Waals surface area contributed by atoms with E-state index in [1.165, 1.54) is 24.3 Å². The van der Waals surface area contributed by atoms with Crippen LogP contribution in [0.5, 0.6) is 0 Å². The molecule has 6 nitrogen and oxygen atoms in total. The number of hydrogen-bond acceptors (Lipinski definition) is 4. The Bertz CT molecular complexity index is 870. The normalized spacial score (nSPS) is 16.1. The molecule has 1 N–H and O–H groups in total. The predicted octanol–water partition coefficient (Wildman–Crippen LogP) is 3.77. The van der Waals surface area contributed by atoms with Crippen LogP contribution >= 0.6 is 0 Å². The van der Waals surface area contributed by atoms with Gasteiger partial charge >= 0.3 is 5.97 Å². The summed E-state index contributed by atoms with van der Waals surface area (Å²) in [6, 6.07) is 5.54. The van der Waals surface area contributed by atoms with Gasteiger partial charge in [0.2, 0.25) is 0 Å². The zero-order valence-electron chi connectivity index (χ0n) is 17.1. The lowest BCUT2D eigenvalue weighted by atomic mass is 10.1. The summed E-state index contributed by atoms with van der Waals surface area (Å²) in [7, 11) is 0. The van der Waals surface area contributed by atoms with Crippen LogP contribution in [0.15, 0.2) is 24.3 Å². The Balaban J connectivity index is 1.87. The van der Waals surface area contributed by atoms with Crippen LogP contribution in [0.1, 0.15) is 57.4 Å². The van der Waals surface area contributed by atoms with Crippen molar-refractivity contribution in [1.82, 2.24) is 9.88 Å². The van der Waals surface area contributed by atoms with E-state index in [0.717, 1.165) is 29.7 Å². The van der Waals surface area contributed by atoms with E-state index in [4.69, 9.17) is 9.47 Å². The van der Waals surface area contributed by atoms with Gasteiger partial charge in [-0.2, -0.15) is 0 Å². The summed E-state index contributed by atoms with van der Waals surface area (Å²) in [4.78, 5) is 30.2. The summed E-state index contributed by atoms with van der Waals surface area (Å²) >= 11 is 0. The first-order valence-electron chi connectivity index (χ1n) is 9.92. The van der Waals surface area contributed by atoms with E-state index in [9.17, 15) is 14.0 Å². The van der Waals surface area contributed by atoms with Crippen molar-refractivity contribution >= 4 is 11.9 Å². The van der Waals surface area contributed by atoms with Gasteiger partial charge in [-0.3, -0.25) is 4.79 Å². The molecule has 29 heavy (non-hydrogen) atoms. The lowest BCUT2D eigenvalue weighted by molar-refractivity contribution is 0.0506. The molecule has 1 fully saturated rings. The second-order valence-electron chi connectivity index (χ2n) is 7.28. The first kappa shape index (κ1) is 21.0. The number of esters is 1. The third-order valence-corrected chi connectivity index (χ3v) is 5.25. The number of ether oxygens (including phenoxy) is 2. The summed E-state index contributed by atoms with van der Waals surface area (Å²) in [6.07, 6.45) is 1.84. The van der Waals surface area contributed by atoms with Gasteiger partial charge in [-0.1, -0.05) is 0 Å². The Hall–Kier alpha value is -2.67. The highest BCUT2D eigenvalue weighted by Gasteiger charge is 2.26. The minimum Gasteiger partial charge on any atom is -0.461 e. The number of amides is 1. The largest absolute Gasteiger partial charge is 0.461 e. The van der Waals surface area contributed by atoms with Gasteiger partial charge in [0, 0.05) is 31.0 Å². The van der Waals surface area contributed by atoms with Crippen molar-refractivity contribution in [3.05, 3.63) is 58.2 Å². The van der Waals surface area contributed by atoms with Crippen molar-refractivity contribution in [1.29, 1.82) is 0 Å². The van der Waals surface area contributed by atoms with Crippen LogP contribution in [0.4, 0.5) is 4.39 Å². The molecule has 0 spiro atoms. The Morgan fingerprint density at radius 1 is 1.28 bits per heavy atom. The van der Waals surface area contributed by atoms with E-state index in [-0.39, 0.29) is 17.8 Å². The van der Waals surface area contributed by atoms with Crippen molar-refractivity contribution < 1.29 is 23.5 Å². The van der Waals surface area contributed by atoms with Crippen LogP contribution < -0.4 is 0 Å². The number of carbonyl (C=O) groups is 2. The van der Waals surface area contributed by atoms with Crippen LogP contribution in [0.25, 0.3) is 0 Å². The molecule has 1 saturated heterocycles. The van der Waals surface area contributed by atoms with E-state index in [1.54, 1.807) is 11.8 Å². The summed E-state index contributed by atoms with van der Waals surface area (Å²) in [5.74, 6) is -0.989. The lowest BCUT2D eigenvalue weighted by Gasteiger charge is -2.26. The van der Waals surface area contributed by atoms with Gasteiger partial charge in [0.05, 0.1) is 12.7 Å². The standard InChI is InChI=1S/C22H27FN2O4/c1-4-28-22(27)20-14(2)19(15(3)24-20)13-25(12-18-6-5-11-29-18)21(26)16-7-9-17(23)10-8-16/h7-10,18,24H,4-6,11-13H2,1-3H3/t18-/m1/s1. The second kappa shape index (κ2) is 9.22. The minimum absolute atomic E-state index is 0.0246. The number of H-pyrrole nitrogens is 1. The number of aromatic amines is 1. The number of aryl methyl sites for hydroxylation is 1. The topological polar surface area (TPSA) is 71.6 Å². The number of carbonyl (C=O) groups excluding carboxylic acids is 2. The maximum atomic E-state index is 13.3. The van der Waals surface area contributed by atoms with Crippen molar-refractivity contribution in [2.45, 2.75) is 46.3 Å². The van der Waals surface area contributed by atoms with Crippen molar-refractivity contribution in [3.63, 3.8) is 0 Å². The van der Waals surface area contributed by atoms with E-state index in [2.05, 4.69) is 4.98 Å². The molecule has 2 heterocycles. The number of nitrogens with zero attached hydrogens (tertiary/aromatic N) is 1. The molecule has 0 saturated carbocycles. The van der Waals surface area contributed by atoms with Gasteiger partial charge in [0.25, 0.3) is 5.91 Å². The number of halogens is 1. The third-order valence-electron chi connectivity index (χ3n) is 5.25. The van der Waals surface area contributed by atoms with Crippen molar-refractivity contribution in [2.75, 3.05) is 19.8 Å². The van der Waals surface area contributed by atoms with E-state index in [1.807, 2.05) is 13.8 Å². The fourth-order valence-corrected chi connectivity index (χ4v) is 3.65. The monoisotopic (exact) mass is 402 g/mol. The fourth-order valence-electron chi connectivity index (χ4n) is 3.65. The minimum atomic E-state index is -0.408. The van der Waals surface area contributed by atoms with Crippen LogP contribution in [0.3, 0.4) is 0 Å². The summed E-state index contributed by atoms with van der Waals surface area (Å²) < 4.78 is 24.1. The summed E-state index contributed by atoms with van der Waals surface area (Å²) in [5, 5.41) is 0. The molecule has 7 heteroatoms. The van der Waals surface area contributed by atoms with E-state index < -0.39 is 5.97 Å². The molecule has 1 atom stereocenters. The molecule has 0 radical (unpaired) electrons. The highest BCUT2D eigenvalue weighted by atomic mass is 19.1. The Labute approximate surface area is 170 Å². The Morgan fingerprint density at radius 3 is 2.62 bits per heavy atom. The van der Waals surface area contributed by atoms with Gasteiger partial charge < -0.3 is 19.4 Å². The fraction of sp³-hybridized carbons (Fsp3) is 0.455. The van der Waals surface area contributed by atoms with Gasteiger partial charge in [-0.15, -0.1) is 0 Å². The first-order chi connectivity index (χ1) is 13.9. The van der Waals surface area contributed by atoms with Gasteiger partial charge in [0.15, 0.2) is 0 Å². The van der Waals surface area contributed by atoms with Gasteiger partial charge in [-0.25, -0.2) is 9.18 Å². The molecular weight excluding hydrogens is 375 g/mol. The molecule has 156 valence electrons. The van der Waals surface area contributed by atoms with Crippen LogP contribution in [-0.4, -0.2) is 47.6 Å². The quantitative estimate of drug-likeness (QED) is 0.716. The van der Waals surface area contributed by atoms with Gasteiger partial charge in [0.1, 0.15) is 11.5 Å². The number of nitrogens with one attached hydrogen (secondary N) is 1. The average Bonchev–Trinajstić information content (AvgIpc) is 3.31. The van der Waals surface area contributed by atoms with Crippen LogP contribution in [-0.2, 0) is 16.0 Å². The molecule has 2 aromatic rings. The average molecular weight is 402 g/mol. The molecule has 3 rings (SSSR count). The summed E-state index contributed by atoms with van der Waals surface area (Å²) in [6.45, 7) is 7.22. The molecular formula is C22H27FN2O4. The molecule has 1 aliphatic heterocycles. The Morgan fingerprint density at radius 2 is 2.00 bits per heavy atom. The summed E-state index contributed by atoms with van der Waals surface area (Å²) in [5.41, 5.74) is 3.29. The zero-order valence-corrected chi connectivity index (χ0v) is 17.1. The van der Waals surface area contributed by atoms with Crippen LogP contribution in [0, 0.1) is 19.7 Å². The lowest BCUT2D eigenvalue weighted by Crippen LogP contribution is -2.37. The number of benzene rings is 1. The van der Waals surface area contributed by atoms with E-state index >= 15 is 0 Å².